The summed E-state index contributed by atoms with van der Waals surface area (Å²) in [6, 6.07) is 20.0. The van der Waals surface area contributed by atoms with Gasteiger partial charge in [-0.2, -0.15) is 0 Å². The zero-order valence-electron chi connectivity index (χ0n) is 20.4. The number of methoxy groups -OCH3 is 2. The molecule has 3 aromatic carbocycles. The second-order valence-corrected chi connectivity index (χ2v) is 9.47. The maximum absolute atomic E-state index is 13.1. The van der Waals surface area contributed by atoms with Crippen molar-refractivity contribution in [1.29, 1.82) is 0 Å². The molecule has 1 saturated heterocycles. The van der Waals surface area contributed by atoms with Gasteiger partial charge in [0.2, 0.25) is 0 Å². The number of carbonyl (C=O) groups excluding carboxylic acids is 2. The van der Waals surface area contributed by atoms with Crippen molar-refractivity contribution in [3.8, 4) is 17.2 Å². The molecule has 3 aromatic rings. The lowest BCUT2D eigenvalue weighted by molar-refractivity contribution is -0.121. The lowest BCUT2D eigenvalue weighted by Crippen LogP contribution is -2.29. The summed E-state index contributed by atoms with van der Waals surface area (Å²) < 4.78 is 17.3. The van der Waals surface area contributed by atoms with Gasteiger partial charge in [-0.1, -0.05) is 18.2 Å². The van der Waals surface area contributed by atoms with Crippen LogP contribution in [0, 0.1) is 3.57 Å². The van der Waals surface area contributed by atoms with Crippen LogP contribution in [0.2, 0.25) is 0 Å². The molecule has 0 unspecified atom stereocenters. The number of amides is 2. The predicted octanol–water partition coefficient (Wildman–Crippen LogP) is 4.93. The van der Waals surface area contributed by atoms with Crippen LogP contribution in [0.3, 0.4) is 0 Å². The van der Waals surface area contributed by atoms with Crippen molar-refractivity contribution < 1.29 is 23.8 Å². The first-order valence-electron chi connectivity index (χ1n) is 11.2. The molecule has 1 heterocycles. The van der Waals surface area contributed by atoms with Crippen molar-refractivity contribution >= 4 is 69.2 Å². The van der Waals surface area contributed by atoms with Gasteiger partial charge in [0.05, 0.1) is 17.8 Å². The number of ether oxygens (including phenoxy) is 3. The van der Waals surface area contributed by atoms with Crippen molar-refractivity contribution in [3.63, 3.8) is 0 Å². The van der Waals surface area contributed by atoms with Crippen LogP contribution >= 0.6 is 34.8 Å². The summed E-state index contributed by atoms with van der Waals surface area (Å²) in [5.41, 5.74) is 2.53. The first kappa shape index (κ1) is 26.4. The number of halogens is 1. The number of nitrogens with zero attached hydrogens (tertiary/aromatic N) is 2. The van der Waals surface area contributed by atoms with Gasteiger partial charge < -0.3 is 19.5 Å². The van der Waals surface area contributed by atoms with Gasteiger partial charge in [0.25, 0.3) is 11.8 Å². The number of benzene rings is 3. The topological polar surface area (TPSA) is 80.3 Å². The highest BCUT2D eigenvalue weighted by Crippen LogP contribution is 2.36. The number of carbonyl (C=O) groups is 2. The molecule has 8 nitrogen and oxygen atoms in total. The molecule has 0 aromatic heterocycles. The minimum absolute atomic E-state index is 0.190. The Balaban J connectivity index is 1.59. The fourth-order valence-electron chi connectivity index (χ4n) is 3.69. The Bertz CT molecular complexity index is 1360. The number of para-hydroxylation sites is 1. The molecule has 37 heavy (non-hydrogen) atoms. The monoisotopic (exact) mass is 629 g/mol. The van der Waals surface area contributed by atoms with Crippen LogP contribution in [0.1, 0.15) is 5.56 Å². The van der Waals surface area contributed by atoms with E-state index in [1.54, 1.807) is 43.3 Å². The average Bonchev–Trinajstić information content (AvgIpc) is 3.11. The Morgan fingerprint density at radius 1 is 1.05 bits per heavy atom. The van der Waals surface area contributed by atoms with Crippen molar-refractivity contribution in [2.75, 3.05) is 38.1 Å². The maximum atomic E-state index is 13.1. The Hall–Kier alpha value is -3.64. The third-order valence-electron chi connectivity index (χ3n) is 5.53. The Morgan fingerprint density at radius 2 is 1.76 bits per heavy atom. The number of rotatable bonds is 8. The van der Waals surface area contributed by atoms with E-state index in [0.717, 1.165) is 5.69 Å². The van der Waals surface area contributed by atoms with E-state index in [2.05, 4.69) is 27.9 Å². The molecule has 4 rings (SSSR count). The summed E-state index contributed by atoms with van der Waals surface area (Å²) >= 11 is 7.67. The van der Waals surface area contributed by atoms with E-state index in [-0.39, 0.29) is 18.4 Å². The number of nitrogens with one attached hydrogen (secondary N) is 1. The summed E-state index contributed by atoms with van der Waals surface area (Å²) in [5, 5.41) is 3.15. The second kappa shape index (κ2) is 11.6. The van der Waals surface area contributed by atoms with E-state index < -0.39 is 0 Å². The molecule has 2 amide bonds. The number of hydrogen-bond acceptors (Lipinski definition) is 6. The first-order valence-corrected chi connectivity index (χ1v) is 12.6. The van der Waals surface area contributed by atoms with E-state index >= 15 is 0 Å². The van der Waals surface area contributed by atoms with E-state index in [1.807, 2.05) is 48.5 Å². The van der Waals surface area contributed by atoms with Crippen LogP contribution in [0.4, 0.5) is 11.4 Å². The Kier molecular flexibility index (Phi) is 8.29. The van der Waals surface area contributed by atoms with Crippen LogP contribution in [0.25, 0.3) is 6.08 Å². The smallest absolute Gasteiger partial charge is 0.276 e. The van der Waals surface area contributed by atoms with Crippen molar-refractivity contribution in [1.82, 2.24) is 4.90 Å². The van der Waals surface area contributed by atoms with Crippen molar-refractivity contribution in [2.45, 2.75) is 0 Å². The lowest BCUT2D eigenvalue weighted by atomic mass is 10.1. The van der Waals surface area contributed by atoms with E-state index in [9.17, 15) is 9.59 Å². The van der Waals surface area contributed by atoms with Gasteiger partial charge in [-0.3, -0.25) is 19.4 Å². The molecule has 0 aliphatic carbocycles. The summed E-state index contributed by atoms with van der Waals surface area (Å²) in [6.07, 6.45) is 1.75. The number of hydrogen-bond donors (Lipinski definition) is 1. The highest BCUT2D eigenvalue weighted by Gasteiger charge is 2.36. The second-order valence-electron chi connectivity index (χ2n) is 7.95. The van der Waals surface area contributed by atoms with Gasteiger partial charge >= 0.3 is 0 Å². The number of anilines is 2. The van der Waals surface area contributed by atoms with E-state index in [0.29, 0.717) is 42.9 Å². The summed E-state index contributed by atoms with van der Waals surface area (Å²) in [6.45, 7) is -0.190. The van der Waals surface area contributed by atoms with Gasteiger partial charge in [0.15, 0.2) is 23.2 Å². The highest BCUT2D eigenvalue weighted by atomic mass is 127. The highest BCUT2D eigenvalue weighted by molar-refractivity contribution is 14.1. The third-order valence-corrected chi connectivity index (χ3v) is 6.79. The molecule has 1 aliphatic rings. The van der Waals surface area contributed by atoms with Crippen LogP contribution in [-0.4, -0.2) is 49.7 Å². The van der Waals surface area contributed by atoms with E-state index in [4.69, 9.17) is 26.4 Å². The molecular weight excluding hydrogens is 605 g/mol. The summed E-state index contributed by atoms with van der Waals surface area (Å²) in [5.74, 6) is 1.05. The zero-order chi connectivity index (χ0) is 26.5. The lowest BCUT2D eigenvalue weighted by Gasteiger charge is -2.19. The minimum Gasteiger partial charge on any atom is -0.497 e. The summed E-state index contributed by atoms with van der Waals surface area (Å²) in [4.78, 5) is 28.6. The molecular formula is C27H24IN3O5S. The number of likely N-dealkylation sites (N-methyl/N-ethyl adjacent to an activating group) is 1. The normalized spacial score (nSPS) is 14.2. The standard InChI is InChI=1S/C27H24IN3O5S/c1-30-26(33)22(31(27(30)37)19-9-11-20(34-2)12-10-19)14-17-13-21(28)25(23(15-17)35-3)36-16-24(32)29-18-7-5-4-6-8-18/h4-15H,16H2,1-3H3,(H,29,32). The van der Waals surface area contributed by atoms with Gasteiger partial charge in [0, 0.05) is 18.4 Å². The molecule has 10 heteroatoms. The molecule has 1 aliphatic heterocycles. The van der Waals surface area contributed by atoms with Crippen LogP contribution in [0.15, 0.2) is 72.4 Å². The van der Waals surface area contributed by atoms with Gasteiger partial charge in [-0.25, -0.2) is 0 Å². The predicted molar refractivity (Wildman–Crippen MR) is 155 cm³/mol. The van der Waals surface area contributed by atoms with Gasteiger partial charge in [-0.05, 0) is 95.0 Å². The maximum Gasteiger partial charge on any atom is 0.276 e. The van der Waals surface area contributed by atoms with Crippen LogP contribution < -0.4 is 24.4 Å². The van der Waals surface area contributed by atoms with Gasteiger partial charge in [-0.15, -0.1) is 0 Å². The molecule has 190 valence electrons. The molecule has 0 spiro atoms. The third kappa shape index (κ3) is 5.86. The zero-order valence-corrected chi connectivity index (χ0v) is 23.3. The Labute approximate surface area is 233 Å². The first-order chi connectivity index (χ1) is 17.8. The van der Waals surface area contributed by atoms with Gasteiger partial charge in [0.1, 0.15) is 11.4 Å². The SMILES string of the molecule is COc1ccc(N2C(=S)N(C)C(=O)C2=Cc2cc(I)c(OCC(=O)Nc3ccccc3)c(OC)c2)cc1. The minimum atomic E-state index is -0.293. The molecule has 0 atom stereocenters. The van der Waals surface area contributed by atoms with Crippen LogP contribution in [0.5, 0.6) is 17.2 Å². The van der Waals surface area contributed by atoms with Crippen LogP contribution in [-0.2, 0) is 9.59 Å². The molecule has 0 bridgehead atoms. The molecule has 1 fully saturated rings. The average molecular weight is 629 g/mol. The van der Waals surface area contributed by atoms with Crippen molar-refractivity contribution in [3.05, 3.63) is 81.6 Å². The fraction of sp³-hybridized carbons (Fsp3) is 0.148. The van der Waals surface area contributed by atoms with Crippen molar-refractivity contribution in [2.24, 2.45) is 0 Å². The summed E-state index contributed by atoms with van der Waals surface area (Å²) in [7, 11) is 4.76. The van der Waals surface area contributed by atoms with E-state index in [1.165, 1.54) is 12.0 Å². The molecule has 1 N–H and O–H groups in total. The largest absolute Gasteiger partial charge is 0.497 e. The molecule has 0 saturated carbocycles. The Morgan fingerprint density at radius 3 is 2.41 bits per heavy atom. The fourth-order valence-corrected chi connectivity index (χ4v) is 4.76. The number of thiocarbonyl (C=S) groups is 1. The quantitative estimate of drug-likeness (QED) is 0.215. The molecule has 0 radical (unpaired) electrons.